The van der Waals surface area contributed by atoms with Crippen LogP contribution < -0.4 is 0 Å². The molecule has 1 fully saturated rings. The second kappa shape index (κ2) is 2.32. The number of nitrogens with zero attached hydrogens (tertiary/aromatic N) is 2. The summed E-state index contributed by atoms with van der Waals surface area (Å²) in [6, 6.07) is 0. The Kier molecular flexibility index (Phi) is 1.47. The van der Waals surface area contributed by atoms with Crippen molar-refractivity contribution in [3.8, 4) is 0 Å². The lowest BCUT2D eigenvalue weighted by Crippen LogP contribution is -2.41. The van der Waals surface area contributed by atoms with Crippen LogP contribution >= 0.6 is 0 Å². The molecule has 0 aromatic rings. The largest absolute Gasteiger partial charge is 0.376 e. The fraction of sp³-hybridized carbons (Fsp3) is 0.857. The van der Waals surface area contributed by atoms with Gasteiger partial charge in [0.05, 0.1) is 13.2 Å². The van der Waals surface area contributed by atoms with Crippen LogP contribution in [-0.2, 0) is 4.74 Å². The minimum atomic E-state index is 0.341. The molecule has 1 unspecified atom stereocenters. The summed E-state index contributed by atoms with van der Waals surface area (Å²) >= 11 is 0. The second-order valence-corrected chi connectivity index (χ2v) is 2.89. The molecule has 0 radical (unpaired) electrons. The Morgan fingerprint density at radius 3 is 3.40 bits per heavy atom. The minimum absolute atomic E-state index is 0.341. The Hall–Kier alpha value is -0.410. The van der Waals surface area contributed by atoms with Crippen LogP contribution in [0.1, 0.15) is 6.92 Å². The number of hydrogen-bond acceptors (Lipinski definition) is 3. The topological polar surface area (TPSA) is 24.8 Å². The molecule has 1 saturated heterocycles. The van der Waals surface area contributed by atoms with Gasteiger partial charge in [0, 0.05) is 18.8 Å². The molecule has 0 spiro atoms. The summed E-state index contributed by atoms with van der Waals surface area (Å²) in [6.07, 6.45) is 0.341. The normalized spacial score (nSPS) is 33.7. The molecule has 3 nitrogen and oxygen atoms in total. The monoisotopic (exact) mass is 140 g/mol. The predicted molar refractivity (Wildman–Crippen MR) is 39.3 cm³/mol. The fourth-order valence-corrected chi connectivity index (χ4v) is 1.52. The highest BCUT2D eigenvalue weighted by Crippen LogP contribution is 2.13. The third-order valence-electron chi connectivity index (χ3n) is 2.01. The first-order chi connectivity index (χ1) is 4.86. The summed E-state index contributed by atoms with van der Waals surface area (Å²) < 4.78 is 5.28. The molecule has 3 heteroatoms. The van der Waals surface area contributed by atoms with Crippen LogP contribution in [0.15, 0.2) is 4.99 Å². The summed E-state index contributed by atoms with van der Waals surface area (Å²) in [5, 5.41) is 0. The van der Waals surface area contributed by atoms with E-state index in [1.54, 1.807) is 0 Å². The molecule has 2 rings (SSSR count). The Labute approximate surface area is 60.7 Å². The summed E-state index contributed by atoms with van der Waals surface area (Å²) in [4.78, 5) is 6.79. The Bertz CT molecular complexity index is 167. The molecule has 0 aromatic carbocycles. The fourth-order valence-electron chi connectivity index (χ4n) is 1.52. The molecule has 0 aliphatic carbocycles. The highest BCUT2D eigenvalue weighted by atomic mass is 16.5. The highest BCUT2D eigenvalue weighted by molar-refractivity contribution is 5.85. The molecule has 0 amide bonds. The van der Waals surface area contributed by atoms with Crippen LogP contribution in [0.5, 0.6) is 0 Å². The third kappa shape index (κ3) is 0.954. The van der Waals surface area contributed by atoms with E-state index in [2.05, 4.69) is 16.8 Å². The lowest BCUT2D eigenvalue weighted by atomic mass is 10.4. The zero-order valence-corrected chi connectivity index (χ0v) is 6.21. The van der Waals surface area contributed by atoms with E-state index in [-0.39, 0.29) is 0 Å². The van der Waals surface area contributed by atoms with Gasteiger partial charge in [0.25, 0.3) is 0 Å². The smallest absolute Gasteiger partial charge is 0.126 e. The van der Waals surface area contributed by atoms with Crippen molar-refractivity contribution < 1.29 is 4.74 Å². The van der Waals surface area contributed by atoms with Crippen molar-refractivity contribution in [2.24, 2.45) is 4.99 Å². The van der Waals surface area contributed by atoms with Gasteiger partial charge in [-0.25, -0.2) is 0 Å². The maximum atomic E-state index is 5.28. The summed E-state index contributed by atoms with van der Waals surface area (Å²) in [5.74, 6) is 0. The molecule has 2 aliphatic rings. The zero-order valence-electron chi connectivity index (χ0n) is 6.21. The van der Waals surface area contributed by atoms with E-state index in [4.69, 9.17) is 4.74 Å². The first kappa shape index (κ1) is 6.31. The van der Waals surface area contributed by atoms with Gasteiger partial charge < -0.3 is 4.74 Å². The van der Waals surface area contributed by atoms with Crippen LogP contribution in [0, 0.1) is 0 Å². The highest BCUT2D eigenvalue weighted by Gasteiger charge is 2.26. The molecule has 2 aliphatic heterocycles. The molecular weight excluding hydrogens is 128 g/mol. The van der Waals surface area contributed by atoms with Crippen LogP contribution in [0.25, 0.3) is 0 Å². The van der Waals surface area contributed by atoms with Crippen molar-refractivity contribution in [3.63, 3.8) is 0 Å². The van der Waals surface area contributed by atoms with Crippen LogP contribution in [0.2, 0.25) is 0 Å². The first-order valence-electron chi connectivity index (χ1n) is 3.71. The molecule has 2 heterocycles. The van der Waals surface area contributed by atoms with E-state index in [0.29, 0.717) is 6.17 Å². The lowest BCUT2D eigenvalue weighted by Gasteiger charge is -2.27. The van der Waals surface area contributed by atoms with Crippen molar-refractivity contribution in [2.45, 2.75) is 13.1 Å². The minimum Gasteiger partial charge on any atom is -0.376 e. The van der Waals surface area contributed by atoms with Crippen molar-refractivity contribution in [1.29, 1.82) is 0 Å². The van der Waals surface area contributed by atoms with Gasteiger partial charge in [-0.3, -0.25) is 9.89 Å². The maximum Gasteiger partial charge on any atom is 0.126 e. The number of fused-ring (bicyclic) bond motifs is 1. The summed E-state index contributed by atoms with van der Waals surface area (Å²) in [7, 11) is 0. The van der Waals surface area contributed by atoms with Crippen molar-refractivity contribution >= 4 is 5.71 Å². The van der Waals surface area contributed by atoms with Gasteiger partial charge in [0.15, 0.2) is 0 Å². The number of hydrogen-bond donors (Lipinski definition) is 0. The number of morpholine rings is 1. The number of aliphatic imine (C=N–C) groups is 1. The quantitative estimate of drug-likeness (QED) is 0.477. The van der Waals surface area contributed by atoms with Crippen LogP contribution in [0.4, 0.5) is 0 Å². The van der Waals surface area contributed by atoms with E-state index in [1.807, 2.05) is 0 Å². The SMILES string of the molecule is CC1=NC2COCCN2C1. The molecule has 0 N–H and O–H groups in total. The van der Waals surface area contributed by atoms with Gasteiger partial charge in [-0.05, 0) is 6.92 Å². The third-order valence-corrected chi connectivity index (χ3v) is 2.01. The van der Waals surface area contributed by atoms with E-state index < -0.39 is 0 Å². The van der Waals surface area contributed by atoms with Crippen molar-refractivity contribution in [3.05, 3.63) is 0 Å². The van der Waals surface area contributed by atoms with Gasteiger partial charge in [-0.15, -0.1) is 0 Å². The molecule has 0 bridgehead atoms. The molecule has 56 valence electrons. The Morgan fingerprint density at radius 2 is 2.60 bits per heavy atom. The van der Waals surface area contributed by atoms with Crippen LogP contribution in [0.3, 0.4) is 0 Å². The van der Waals surface area contributed by atoms with E-state index in [0.717, 1.165) is 26.3 Å². The van der Waals surface area contributed by atoms with Gasteiger partial charge in [0.2, 0.25) is 0 Å². The molecule has 0 saturated carbocycles. The molecular formula is C7H12N2O. The van der Waals surface area contributed by atoms with Gasteiger partial charge in [-0.2, -0.15) is 0 Å². The Balaban J connectivity index is 2.06. The zero-order chi connectivity index (χ0) is 6.97. The molecule has 1 atom stereocenters. The second-order valence-electron chi connectivity index (χ2n) is 2.89. The van der Waals surface area contributed by atoms with E-state index in [1.165, 1.54) is 5.71 Å². The van der Waals surface area contributed by atoms with E-state index >= 15 is 0 Å². The molecule has 0 aromatic heterocycles. The van der Waals surface area contributed by atoms with Gasteiger partial charge in [-0.1, -0.05) is 0 Å². The summed E-state index contributed by atoms with van der Waals surface area (Å²) in [6.45, 7) is 5.84. The average Bonchev–Trinajstić information content (AvgIpc) is 2.27. The first-order valence-corrected chi connectivity index (χ1v) is 3.71. The van der Waals surface area contributed by atoms with Crippen LogP contribution in [-0.4, -0.2) is 43.1 Å². The number of rotatable bonds is 0. The predicted octanol–water partition coefficient (Wildman–Crippen LogP) is 0.119. The van der Waals surface area contributed by atoms with Gasteiger partial charge >= 0.3 is 0 Å². The average molecular weight is 140 g/mol. The summed E-state index contributed by atoms with van der Waals surface area (Å²) in [5.41, 5.74) is 1.25. The maximum absolute atomic E-state index is 5.28. The standard InChI is InChI=1S/C7H12N2O/c1-6-4-9-2-3-10-5-7(9)8-6/h7H,2-5H2,1H3. The lowest BCUT2D eigenvalue weighted by molar-refractivity contribution is 0.0110. The van der Waals surface area contributed by atoms with Gasteiger partial charge in [0.1, 0.15) is 6.17 Å². The van der Waals surface area contributed by atoms with Crippen molar-refractivity contribution in [2.75, 3.05) is 26.3 Å². The Morgan fingerprint density at radius 1 is 1.70 bits per heavy atom. The van der Waals surface area contributed by atoms with E-state index in [9.17, 15) is 0 Å². The molecule has 10 heavy (non-hydrogen) atoms. The van der Waals surface area contributed by atoms with Crippen molar-refractivity contribution in [1.82, 2.24) is 4.90 Å². The number of ether oxygens (including phenoxy) is 1.